The van der Waals surface area contributed by atoms with E-state index >= 15 is 0 Å². The zero-order valence-electron chi connectivity index (χ0n) is 12.1. The molecule has 8 nitrogen and oxygen atoms in total. The topological polar surface area (TPSA) is 119 Å². The van der Waals surface area contributed by atoms with Crippen LogP contribution in [0.1, 0.15) is 27.2 Å². The highest BCUT2D eigenvalue weighted by molar-refractivity contribution is 7.89. The lowest BCUT2D eigenvalue weighted by Crippen LogP contribution is -2.42. The Hall–Kier alpha value is -1.61. The number of anilines is 1. The zero-order chi connectivity index (χ0) is 15.6. The van der Waals surface area contributed by atoms with Gasteiger partial charge in [-0.2, -0.15) is 0 Å². The van der Waals surface area contributed by atoms with Gasteiger partial charge in [0, 0.05) is 25.6 Å². The molecule has 0 bridgehead atoms. The number of nitrogens with zero attached hydrogens (tertiary/aromatic N) is 2. The minimum absolute atomic E-state index is 0.00509. The Morgan fingerprint density at radius 3 is 2.50 bits per heavy atom. The van der Waals surface area contributed by atoms with Crippen molar-refractivity contribution in [3.63, 3.8) is 0 Å². The predicted octanol–water partition coefficient (Wildman–Crippen LogP) is -0.415. The number of carbonyl (C=O) groups is 1. The fraction of sp³-hybridized carbons (Fsp3) is 0.636. The van der Waals surface area contributed by atoms with Gasteiger partial charge in [-0.25, -0.2) is 18.1 Å². The summed E-state index contributed by atoms with van der Waals surface area (Å²) in [5.74, 6) is -0.294. The highest BCUT2D eigenvalue weighted by atomic mass is 32.2. The van der Waals surface area contributed by atoms with Gasteiger partial charge in [0.15, 0.2) is 10.8 Å². The SMILES string of the molecule is Cn1cnc(N)c1S(=O)(=O)NCCC(=O)NC(C)(C)C. The van der Waals surface area contributed by atoms with Crippen molar-refractivity contribution >= 4 is 21.7 Å². The number of aromatic nitrogens is 2. The molecule has 1 amide bonds. The van der Waals surface area contributed by atoms with E-state index in [1.165, 1.54) is 17.9 Å². The molecule has 0 aliphatic carbocycles. The minimum Gasteiger partial charge on any atom is -0.381 e. The number of rotatable bonds is 5. The van der Waals surface area contributed by atoms with Crippen LogP contribution in [-0.2, 0) is 21.9 Å². The second-order valence-corrected chi connectivity index (χ2v) is 7.17. The van der Waals surface area contributed by atoms with E-state index in [0.717, 1.165) is 0 Å². The van der Waals surface area contributed by atoms with Gasteiger partial charge in [-0.05, 0) is 20.8 Å². The maximum absolute atomic E-state index is 12.0. The molecule has 0 atom stereocenters. The Morgan fingerprint density at radius 2 is 2.05 bits per heavy atom. The molecular formula is C11H21N5O3S. The molecule has 1 aromatic rings. The number of sulfonamides is 1. The number of amides is 1. The molecule has 0 aromatic carbocycles. The number of hydrogen-bond donors (Lipinski definition) is 3. The predicted molar refractivity (Wildman–Crippen MR) is 75.3 cm³/mol. The lowest BCUT2D eigenvalue weighted by atomic mass is 10.1. The van der Waals surface area contributed by atoms with Crippen LogP contribution in [0, 0.1) is 0 Å². The maximum Gasteiger partial charge on any atom is 0.260 e. The van der Waals surface area contributed by atoms with Crippen LogP contribution in [-0.4, -0.2) is 36.0 Å². The average Bonchev–Trinajstić information content (AvgIpc) is 2.55. The van der Waals surface area contributed by atoms with Crippen molar-refractivity contribution in [2.75, 3.05) is 12.3 Å². The molecule has 1 rings (SSSR count). The Kier molecular flexibility index (Phi) is 4.77. The van der Waals surface area contributed by atoms with Gasteiger partial charge in [0.05, 0.1) is 6.33 Å². The third-order valence-corrected chi connectivity index (χ3v) is 3.91. The number of nitrogen functional groups attached to an aromatic ring is 1. The minimum atomic E-state index is -3.77. The first-order chi connectivity index (χ1) is 9.03. The molecule has 1 aromatic heterocycles. The molecule has 0 aliphatic heterocycles. The normalized spacial score (nSPS) is 12.4. The number of hydrogen-bond acceptors (Lipinski definition) is 5. The van der Waals surface area contributed by atoms with Gasteiger partial charge < -0.3 is 15.6 Å². The third kappa shape index (κ3) is 4.49. The Morgan fingerprint density at radius 1 is 1.45 bits per heavy atom. The summed E-state index contributed by atoms with van der Waals surface area (Å²) in [6.45, 7) is 5.55. The first-order valence-electron chi connectivity index (χ1n) is 6.10. The van der Waals surface area contributed by atoms with Crippen LogP contribution in [0.2, 0.25) is 0 Å². The van der Waals surface area contributed by atoms with Gasteiger partial charge in [0.2, 0.25) is 5.91 Å². The van der Waals surface area contributed by atoms with Crippen LogP contribution >= 0.6 is 0 Å². The van der Waals surface area contributed by atoms with Crippen molar-refractivity contribution < 1.29 is 13.2 Å². The summed E-state index contributed by atoms with van der Waals surface area (Å²) in [5, 5.41) is 2.64. The number of nitrogens with two attached hydrogens (primary N) is 1. The van der Waals surface area contributed by atoms with Crippen LogP contribution in [0.25, 0.3) is 0 Å². The summed E-state index contributed by atoms with van der Waals surface area (Å²) in [6, 6.07) is 0. The first-order valence-corrected chi connectivity index (χ1v) is 7.59. The first kappa shape index (κ1) is 16.4. The monoisotopic (exact) mass is 303 g/mol. The van der Waals surface area contributed by atoms with E-state index in [-0.39, 0.29) is 35.3 Å². The molecule has 0 aliphatic rings. The molecule has 1 heterocycles. The van der Waals surface area contributed by atoms with Crippen molar-refractivity contribution in [1.82, 2.24) is 19.6 Å². The molecule has 20 heavy (non-hydrogen) atoms. The summed E-state index contributed by atoms with van der Waals surface area (Å²) in [5.41, 5.74) is 5.17. The van der Waals surface area contributed by atoms with E-state index in [9.17, 15) is 13.2 Å². The fourth-order valence-electron chi connectivity index (χ4n) is 1.61. The largest absolute Gasteiger partial charge is 0.381 e. The van der Waals surface area contributed by atoms with E-state index in [0.29, 0.717) is 0 Å². The standard InChI is InChI=1S/C11H21N5O3S/c1-11(2,3)15-8(17)5-6-14-20(18,19)10-9(12)13-7-16(10)4/h7,14H,5-6,12H2,1-4H3,(H,15,17). The third-order valence-electron chi connectivity index (χ3n) is 2.32. The summed E-state index contributed by atoms with van der Waals surface area (Å²) < 4.78 is 27.7. The maximum atomic E-state index is 12.0. The van der Waals surface area contributed by atoms with Crippen LogP contribution in [0.4, 0.5) is 5.82 Å². The molecule has 0 fully saturated rings. The van der Waals surface area contributed by atoms with Crippen molar-refractivity contribution in [2.24, 2.45) is 7.05 Å². The Bertz CT molecular complexity index is 566. The van der Waals surface area contributed by atoms with Gasteiger partial charge in [0.1, 0.15) is 0 Å². The smallest absolute Gasteiger partial charge is 0.260 e. The molecule has 0 unspecified atom stereocenters. The van der Waals surface area contributed by atoms with Gasteiger partial charge in [-0.3, -0.25) is 4.79 Å². The summed E-state index contributed by atoms with van der Waals surface area (Å²) in [7, 11) is -2.24. The molecule has 0 spiro atoms. The second kappa shape index (κ2) is 5.80. The lowest BCUT2D eigenvalue weighted by molar-refractivity contribution is -0.122. The molecule has 114 valence electrons. The molecule has 0 saturated carbocycles. The number of nitrogens with one attached hydrogen (secondary N) is 2. The van der Waals surface area contributed by atoms with Crippen LogP contribution in [0.5, 0.6) is 0 Å². The zero-order valence-corrected chi connectivity index (χ0v) is 12.9. The quantitative estimate of drug-likeness (QED) is 0.683. The van der Waals surface area contributed by atoms with Gasteiger partial charge in [-0.1, -0.05) is 0 Å². The second-order valence-electron chi connectivity index (χ2n) is 5.49. The molecule has 0 radical (unpaired) electrons. The van der Waals surface area contributed by atoms with Crippen LogP contribution in [0.3, 0.4) is 0 Å². The van der Waals surface area contributed by atoms with E-state index in [1.54, 1.807) is 0 Å². The summed E-state index contributed by atoms with van der Waals surface area (Å²) in [4.78, 5) is 15.3. The van der Waals surface area contributed by atoms with Crippen molar-refractivity contribution in [2.45, 2.75) is 37.8 Å². The average molecular weight is 303 g/mol. The van der Waals surface area contributed by atoms with Gasteiger partial charge in [-0.15, -0.1) is 0 Å². The fourth-order valence-corrected chi connectivity index (χ4v) is 2.87. The lowest BCUT2D eigenvalue weighted by Gasteiger charge is -2.20. The van der Waals surface area contributed by atoms with Crippen LogP contribution < -0.4 is 15.8 Å². The van der Waals surface area contributed by atoms with Crippen molar-refractivity contribution in [3.8, 4) is 0 Å². The van der Waals surface area contributed by atoms with Gasteiger partial charge in [0.25, 0.3) is 10.0 Å². The highest BCUT2D eigenvalue weighted by Gasteiger charge is 2.22. The van der Waals surface area contributed by atoms with E-state index in [2.05, 4.69) is 15.0 Å². The van der Waals surface area contributed by atoms with Crippen molar-refractivity contribution in [3.05, 3.63) is 6.33 Å². The van der Waals surface area contributed by atoms with Crippen LogP contribution in [0.15, 0.2) is 11.4 Å². The number of imidazole rings is 1. The summed E-state index contributed by atoms with van der Waals surface area (Å²) >= 11 is 0. The molecule has 9 heteroatoms. The molecule has 4 N–H and O–H groups in total. The Balaban J connectivity index is 2.60. The molecular weight excluding hydrogens is 282 g/mol. The Labute approximate surface area is 118 Å². The van der Waals surface area contributed by atoms with E-state index in [1.807, 2.05) is 20.8 Å². The molecule has 0 saturated heterocycles. The van der Waals surface area contributed by atoms with E-state index < -0.39 is 10.0 Å². The van der Waals surface area contributed by atoms with Gasteiger partial charge >= 0.3 is 0 Å². The number of carbonyl (C=O) groups excluding carboxylic acids is 1. The summed E-state index contributed by atoms with van der Waals surface area (Å²) in [6.07, 6.45) is 1.37. The number of aryl methyl sites for hydroxylation is 1. The van der Waals surface area contributed by atoms with Crippen molar-refractivity contribution in [1.29, 1.82) is 0 Å². The van der Waals surface area contributed by atoms with E-state index in [4.69, 9.17) is 5.73 Å². The highest BCUT2D eigenvalue weighted by Crippen LogP contribution is 2.14.